The largest absolute Gasteiger partial charge is 0.490 e. The highest BCUT2D eigenvalue weighted by molar-refractivity contribution is 5.92. The first-order valence-corrected chi connectivity index (χ1v) is 10.6. The van der Waals surface area contributed by atoms with Crippen LogP contribution in [0.3, 0.4) is 0 Å². The van der Waals surface area contributed by atoms with E-state index in [2.05, 4.69) is 15.0 Å². The molecule has 9 nitrogen and oxygen atoms in total. The van der Waals surface area contributed by atoms with Crippen LogP contribution in [0.1, 0.15) is 28.3 Å². The predicted octanol–water partition coefficient (Wildman–Crippen LogP) is 2.51. The van der Waals surface area contributed by atoms with Gasteiger partial charge >= 0.3 is 12.1 Å². The third kappa shape index (κ3) is 6.94. The second-order valence-electron chi connectivity index (χ2n) is 8.01. The summed E-state index contributed by atoms with van der Waals surface area (Å²) >= 11 is 0. The third-order valence-electron chi connectivity index (χ3n) is 5.58. The number of hydrogen-bond donors (Lipinski definition) is 1. The van der Waals surface area contributed by atoms with Gasteiger partial charge in [-0.3, -0.25) is 14.8 Å². The number of likely N-dealkylation sites (tertiary alicyclic amines) is 1. The maximum absolute atomic E-state index is 12.6. The zero-order valence-corrected chi connectivity index (χ0v) is 18.4. The van der Waals surface area contributed by atoms with Crippen LogP contribution in [-0.2, 0) is 20.9 Å². The van der Waals surface area contributed by atoms with Gasteiger partial charge in [-0.15, -0.1) is 0 Å². The first kappa shape index (κ1) is 25.5. The Morgan fingerprint density at radius 2 is 2.03 bits per heavy atom. The number of amides is 1. The molecule has 2 aromatic rings. The molecule has 2 saturated heterocycles. The van der Waals surface area contributed by atoms with Crippen molar-refractivity contribution in [3.8, 4) is 0 Å². The normalized spacial score (nSPS) is 21.5. The van der Waals surface area contributed by atoms with Gasteiger partial charge in [-0.25, -0.2) is 9.78 Å². The minimum Gasteiger partial charge on any atom is -0.475 e. The Labute approximate surface area is 193 Å². The standard InChI is InChI=1S/C20H24N4O3.C2HF3O2/c1-14-3-2-4-16(23-14)13-26-8-5-15-12-27-19-11-24(10-17(15)19)20(25)18-9-21-6-7-22-18;3-2(4,5)1(6)7/h2-4,6-7,9,15,17,19H,5,8,10-13H2,1H3;(H,6,7)/t15-,17-,19-;/m0./s1. The quantitative estimate of drug-likeness (QED) is 0.625. The number of aryl methyl sites for hydroxylation is 1. The molecule has 2 aliphatic heterocycles. The molecule has 0 spiro atoms. The highest BCUT2D eigenvalue weighted by atomic mass is 19.4. The molecular formula is C22H25F3N4O5. The number of carbonyl (C=O) groups excluding carboxylic acids is 1. The first-order valence-electron chi connectivity index (χ1n) is 10.6. The number of alkyl halides is 3. The van der Waals surface area contributed by atoms with Gasteiger partial charge in [-0.05, 0) is 31.4 Å². The molecule has 0 unspecified atom stereocenters. The lowest BCUT2D eigenvalue weighted by atomic mass is 9.91. The van der Waals surface area contributed by atoms with Crippen molar-refractivity contribution in [3.05, 3.63) is 53.9 Å². The summed E-state index contributed by atoms with van der Waals surface area (Å²) in [7, 11) is 0. The molecule has 1 N–H and O–H groups in total. The number of carboxylic acid groups (broad SMARTS) is 1. The molecule has 0 aliphatic carbocycles. The number of fused-ring (bicyclic) bond motifs is 1. The number of ether oxygens (including phenoxy) is 2. The zero-order chi connectivity index (χ0) is 24.7. The van der Waals surface area contributed by atoms with Crippen molar-refractivity contribution in [1.82, 2.24) is 19.9 Å². The Hall–Kier alpha value is -3.12. The molecule has 0 aromatic carbocycles. The van der Waals surface area contributed by atoms with E-state index in [9.17, 15) is 18.0 Å². The molecule has 0 saturated carbocycles. The lowest BCUT2D eigenvalue weighted by Gasteiger charge is -2.19. The van der Waals surface area contributed by atoms with E-state index in [1.54, 1.807) is 12.4 Å². The number of rotatable bonds is 6. The van der Waals surface area contributed by atoms with Gasteiger partial charge in [0, 0.05) is 43.7 Å². The van der Waals surface area contributed by atoms with Crippen molar-refractivity contribution in [2.75, 3.05) is 26.3 Å². The van der Waals surface area contributed by atoms with Crippen molar-refractivity contribution in [2.24, 2.45) is 11.8 Å². The molecule has 12 heteroatoms. The Morgan fingerprint density at radius 1 is 1.26 bits per heavy atom. The van der Waals surface area contributed by atoms with Crippen LogP contribution in [0.4, 0.5) is 13.2 Å². The van der Waals surface area contributed by atoms with Crippen LogP contribution in [-0.4, -0.2) is 75.4 Å². The van der Waals surface area contributed by atoms with Crippen molar-refractivity contribution in [1.29, 1.82) is 0 Å². The SMILES string of the molecule is Cc1cccc(COCC[C@H]2CO[C@H]3CN(C(=O)c4cnccn4)C[C@@H]23)n1.O=C(O)C(F)(F)F. The van der Waals surface area contributed by atoms with Crippen molar-refractivity contribution >= 4 is 11.9 Å². The molecule has 4 rings (SSSR count). The lowest BCUT2D eigenvalue weighted by Crippen LogP contribution is -2.32. The molecule has 4 heterocycles. The lowest BCUT2D eigenvalue weighted by molar-refractivity contribution is -0.192. The van der Waals surface area contributed by atoms with Crippen LogP contribution < -0.4 is 0 Å². The molecule has 184 valence electrons. The van der Waals surface area contributed by atoms with Crippen LogP contribution >= 0.6 is 0 Å². The van der Waals surface area contributed by atoms with E-state index in [1.165, 1.54) is 6.20 Å². The summed E-state index contributed by atoms with van der Waals surface area (Å²) in [5, 5.41) is 7.12. The number of pyridine rings is 1. The van der Waals surface area contributed by atoms with Crippen molar-refractivity contribution in [2.45, 2.75) is 32.2 Å². The fraction of sp³-hybridized carbons (Fsp3) is 0.500. The van der Waals surface area contributed by atoms with E-state index in [0.29, 0.717) is 43.8 Å². The van der Waals surface area contributed by atoms with E-state index < -0.39 is 12.1 Å². The summed E-state index contributed by atoms with van der Waals surface area (Å²) in [6, 6.07) is 5.96. The Kier molecular flexibility index (Phi) is 8.51. The number of halogens is 3. The minimum absolute atomic E-state index is 0.0679. The average molecular weight is 482 g/mol. The average Bonchev–Trinajstić information content (AvgIpc) is 3.38. The van der Waals surface area contributed by atoms with Gasteiger partial charge in [-0.1, -0.05) is 6.07 Å². The number of aliphatic carboxylic acids is 1. The van der Waals surface area contributed by atoms with Gasteiger partial charge in [0.25, 0.3) is 5.91 Å². The van der Waals surface area contributed by atoms with Crippen molar-refractivity contribution < 1.29 is 37.3 Å². The maximum atomic E-state index is 12.6. The minimum atomic E-state index is -5.08. The third-order valence-corrected chi connectivity index (χ3v) is 5.58. The Bertz CT molecular complexity index is 977. The topological polar surface area (TPSA) is 115 Å². The fourth-order valence-electron chi connectivity index (χ4n) is 3.93. The number of hydrogen-bond acceptors (Lipinski definition) is 7. The van der Waals surface area contributed by atoms with E-state index in [0.717, 1.165) is 24.4 Å². The van der Waals surface area contributed by atoms with Crippen LogP contribution in [0.25, 0.3) is 0 Å². The summed E-state index contributed by atoms with van der Waals surface area (Å²) < 4.78 is 43.5. The van der Waals surface area contributed by atoms with E-state index >= 15 is 0 Å². The monoisotopic (exact) mass is 482 g/mol. The van der Waals surface area contributed by atoms with Crippen LogP contribution in [0.2, 0.25) is 0 Å². The summed E-state index contributed by atoms with van der Waals surface area (Å²) in [5.74, 6) is -2.04. The maximum Gasteiger partial charge on any atom is 0.490 e. The van der Waals surface area contributed by atoms with Crippen LogP contribution in [0.15, 0.2) is 36.8 Å². The zero-order valence-electron chi connectivity index (χ0n) is 18.4. The van der Waals surface area contributed by atoms with Crippen molar-refractivity contribution in [3.63, 3.8) is 0 Å². The summed E-state index contributed by atoms with van der Waals surface area (Å²) in [4.78, 5) is 35.8. The molecule has 0 radical (unpaired) electrons. The number of nitrogens with zero attached hydrogens (tertiary/aromatic N) is 4. The second-order valence-corrected chi connectivity index (χ2v) is 8.01. The second kappa shape index (κ2) is 11.3. The van der Waals surface area contributed by atoms with Crippen LogP contribution in [0, 0.1) is 18.8 Å². The highest BCUT2D eigenvalue weighted by Gasteiger charge is 2.45. The van der Waals surface area contributed by atoms with Gasteiger partial charge in [-0.2, -0.15) is 13.2 Å². The molecule has 3 atom stereocenters. The van der Waals surface area contributed by atoms with Gasteiger partial charge in [0.15, 0.2) is 0 Å². The highest BCUT2D eigenvalue weighted by Crippen LogP contribution is 2.36. The van der Waals surface area contributed by atoms with E-state index in [-0.39, 0.29) is 12.0 Å². The van der Waals surface area contributed by atoms with E-state index in [4.69, 9.17) is 19.4 Å². The predicted molar refractivity (Wildman–Crippen MR) is 112 cm³/mol. The van der Waals surface area contributed by atoms with E-state index in [1.807, 2.05) is 30.0 Å². The number of carbonyl (C=O) groups is 2. The fourth-order valence-corrected chi connectivity index (χ4v) is 3.93. The molecule has 2 aromatic heterocycles. The number of carboxylic acids is 1. The van der Waals surface area contributed by atoms with Gasteiger partial charge < -0.3 is 19.5 Å². The van der Waals surface area contributed by atoms with Gasteiger partial charge in [0.05, 0.1) is 31.2 Å². The molecule has 2 fully saturated rings. The molecular weight excluding hydrogens is 457 g/mol. The first-order chi connectivity index (χ1) is 16.1. The van der Waals surface area contributed by atoms with Gasteiger partial charge in [0.1, 0.15) is 5.69 Å². The molecule has 2 aliphatic rings. The Morgan fingerprint density at radius 3 is 2.68 bits per heavy atom. The van der Waals surface area contributed by atoms with Gasteiger partial charge in [0.2, 0.25) is 0 Å². The number of aromatic nitrogens is 3. The molecule has 0 bridgehead atoms. The molecule has 1 amide bonds. The smallest absolute Gasteiger partial charge is 0.475 e. The summed E-state index contributed by atoms with van der Waals surface area (Å²) in [6.45, 7) is 5.27. The summed E-state index contributed by atoms with van der Waals surface area (Å²) in [5.41, 5.74) is 2.35. The molecule has 34 heavy (non-hydrogen) atoms. The Balaban J connectivity index is 0.000000406. The summed E-state index contributed by atoms with van der Waals surface area (Å²) in [6.07, 6.45) is 0.599. The van der Waals surface area contributed by atoms with Crippen LogP contribution in [0.5, 0.6) is 0 Å².